The maximum atomic E-state index is 11.6. The minimum Gasteiger partial charge on any atom is -0.478 e. The van der Waals surface area contributed by atoms with Gasteiger partial charge in [0.2, 0.25) is 5.91 Å². The van der Waals surface area contributed by atoms with E-state index in [0.717, 1.165) is 16.8 Å². The Kier molecular flexibility index (Phi) is 3.76. The maximum absolute atomic E-state index is 11.6. The standard InChI is InChI=1S/C17H16N4O3/c1-9-6-11(4-5-18-9)16-13-7-12(17(23)24)14(19-10(2)22)8-15(13)21(3)20-16/h4-8H,1-3H3,(H,19,22)(H,23,24). The number of aromatic carboxylic acids is 1. The number of carboxylic acid groups (broad SMARTS) is 1. The zero-order chi connectivity index (χ0) is 17.4. The number of carboxylic acids is 1. The molecule has 2 N–H and O–H groups in total. The number of carbonyl (C=O) groups excluding carboxylic acids is 1. The van der Waals surface area contributed by atoms with Gasteiger partial charge in [-0.1, -0.05) is 0 Å². The van der Waals surface area contributed by atoms with Crippen LogP contribution in [0.5, 0.6) is 0 Å². The molecule has 0 spiro atoms. The highest BCUT2D eigenvalue weighted by atomic mass is 16.4. The van der Waals surface area contributed by atoms with E-state index in [1.165, 1.54) is 6.92 Å². The van der Waals surface area contributed by atoms with E-state index < -0.39 is 5.97 Å². The van der Waals surface area contributed by atoms with Gasteiger partial charge >= 0.3 is 5.97 Å². The number of hydrogen-bond acceptors (Lipinski definition) is 4. The van der Waals surface area contributed by atoms with Gasteiger partial charge in [0, 0.05) is 36.8 Å². The van der Waals surface area contributed by atoms with Crippen LogP contribution in [-0.2, 0) is 11.8 Å². The molecule has 0 aliphatic carbocycles. The van der Waals surface area contributed by atoms with Crippen LogP contribution in [0.15, 0.2) is 30.5 Å². The van der Waals surface area contributed by atoms with Crippen LogP contribution in [0, 0.1) is 6.92 Å². The molecule has 122 valence electrons. The Hall–Kier alpha value is -3.22. The van der Waals surface area contributed by atoms with Gasteiger partial charge < -0.3 is 10.4 Å². The lowest BCUT2D eigenvalue weighted by Crippen LogP contribution is -2.11. The van der Waals surface area contributed by atoms with E-state index in [1.807, 2.05) is 19.1 Å². The number of nitrogens with one attached hydrogen (secondary N) is 1. The van der Waals surface area contributed by atoms with Crippen molar-refractivity contribution >= 4 is 28.5 Å². The lowest BCUT2D eigenvalue weighted by molar-refractivity contribution is -0.114. The molecule has 24 heavy (non-hydrogen) atoms. The SMILES string of the molecule is CC(=O)Nc1cc2c(cc1C(=O)O)c(-c1ccnc(C)c1)nn2C. The molecule has 0 saturated carbocycles. The number of rotatable bonds is 3. The van der Waals surface area contributed by atoms with Crippen molar-refractivity contribution in [1.29, 1.82) is 0 Å². The molecule has 0 fully saturated rings. The molecule has 7 nitrogen and oxygen atoms in total. The fourth-order valence-electron chi connectivity index (χ4n) is 2.68. The molecule has 0 bridgehead atoms. The third-order valence-electron chi connectivity index (χ3n) is 3.70. The average molecular weight is 324 g/mol. The van der Waals surface area contributed by atoms with E-state index in [9.17, 15) is 14.7 Å². The van der Waals surface area contributed by atoms with E-state index in [4.69, 9.17) is 0 Å². The Morgan fingerprint density at radius 3 is 2.62 bits per heavy atom. The van der Waals surface area contributed by atoms with Crippen molar-refractivity contribution in [2.24, 2.45) is 7.05 Å². The van der Waals surface area contributed by atoms with Crippen molar-refractivity contribution in [3.05, 3.63) is 41.7 Å². The topological polar surface area (TPSA) is 97.1 Å². The van der Waals surface area contributed by atoms with E-state index in [0.29, 0.717) is 11.1 Å². The van der Waals surface area contributed by atoms with Gasteiger partial charge in [-0.2, -0.15) is 5.10 Å². The first-order valence-corrected chi connectivity index (χ1v) is 7.31. The Morgan fingerprint density at radius 1 is 1.25 bits per heavy atom. The summed E-state index contributed by atoms with van der Waals surface area (Å²) in [5.41, 5.74) is 3.39. The van der Waals surface area contributed by atoms with Gasteiger partial charge in [0.15, 0.2) is 0 Å². The van der Waals surface area contributed by atoms with Crippen molar-refractivity contribution in [2.45, 2.75) is 13.8 Å². The molecule has 7 heteroatoms. The van der Waals surface area contributed by atoms with Crippen LogP contribution in [0.4, 0.5) is 5.69 Å². The van der Waals surface area contributed by atoms with Crippen LogP contribution in [-0.4, -0.2) is 31.7 Å². The molecule has 0 aliphatic heterocycles. The lowest BCUT2D eigenvalue weighted by Gasteiger charge is -2.08. The zero-order valence-electron chi connectivity index (χ0n) is 13.5. The molecule has 2 aromatic heterocycles. The fraction of sp³-hybridized carbons (Fsp3) is 0.176. The molecular weight excluding hydrogens is 308 g/mol. The van der Waals surface area contributed by atoms with Crippen LogP contribution in [0.3, 0.4) is 0 Å². The average Bonchev–Trinajstić information content (AvgIpc) is 2.82. The van der Waals surface area contributed by atoms with Crippen molar-refractivity contribution in [3.63, 3.8) is 0 Å². The number of benzene rings is 1. The highest BCUT2D eigenvalue weighted by Gasteiger charge is 2.18. The van der Waals surface area contributed by atoms with Gasteiger partial charge in [0.1, 0.15) is 5.69 Å². The third-order valence-corrected chi connectivity index (χ3v) is 3.70. The first-order chi connectivity index (χ1) is 11.4. The summed E-state index contributed by atoms with van der Waals surface area (Å²) in [6, 6.07) is 6.90. The van der Waals surface area contributed by atoms with Crippen LogP contribution in [0.2, 0.25) is 0 Å². The molecule has 0 saturated heterocycles. The molecule has 0 radical (unpaired) electrons. The zero-order valence-corrected chi connectivity index (χ0v) is 13.5. The minimum absolute atomic E-state index is 0.0257. The van der Waals surface area contributed by atoms with E-state index in [-0.39, 0.29) is 17.2 Å². The summed E-state index contributed by atoms with van der Waals surface area (Å²) in [5, 5.41) is 17.2. The summed E-state index contributed by atoms with van der Waals surface area (Å²) in [7, 11) is 1.78. The first-order valence-electron chi connectivity index (χ1n) is 7.31. The Balaban J connectivity index is 2.29. The van der Waals surface area contributed by atoms with Gasteiger partial charge in [-0.3, -0.25) is 14.5 Å². The molecule has 2 heterocycles. The maximum Gasteiger partial charge on any atom is 0.337 e. The van der Waals surface area contributed by atoms with Crippen LogP contribution in [0.1, 0.15) is 23.0 Å². The molecule has 1 aromatic carbocycles. The predicted molar refractivity (Wildman–Crippen MR) is 89.9 cm³/mol. The Labute approximate surface area is 137 Å². The molecule has 0 unspecified atom stereocenters. The van der Waals surface area contributed by atoms with Crippen molar-refractivity contribution in [2.75, 3.05) is 5.32 Å². The van der Waals surface area contributed by atoms with E-state index >= 15 is 0 Å². The normalized spacial score (nSPS) is 10.8. The molecular formula is C17H16N4O3. The number of anilines is 1. The van der Waals surface area contributed by atoms with Crippen LogP contribution in [0.25, 0.3) is 22.2 Å². The number of hydrogen-bond donors (Lipinski definition) is 2. The molecule has 3 rings (SSSR count). The summed E-state index contributed by atoms with van der Waals surface area (Å²) < 4.78 is 1.66. The summed E-state index contributed by atoms with van der Waals surface area (Å²) in [5.74, 6) is -1.44. The second kappa shape index (κ2) is 5.77. The van der Waals surface area contributed by atoms with Crippen molar-refractivity contribution in [1.82, 2.24) is 14.8 Å². The van der Waals surface area contributed by atoms with Gasteiger partial charge in [-0.05, 0) is 31.2 Å². The third kappa shape index (κ3) is 2.71. The number of aryl methyl sites for hydroxylation is 2. The molecule has 0 aliphatic rings. The van der Waals surface area contributed by atoms with E-state index in [2.05, 4.69) is 15.4 Å². The number of pyridine rings is 1. The van der Waals surface area contributed by atoms with Gasteiger partial charge in [0.25, 0.3) is 0 Å². The number of aromatic nitrogens is 3. The number of nitrogens with zero attached hydrogens (tertiary/aromatic N) is 3. The van der Waals surface area contributed by atoms with Gasteiger partial charge in [-0.15, -0.1) is 0 Å². The number of amides is 1. The Morgan fingerprint density at radius 2 is 2.00 bits per heavy atom. The summed E-state index contributed by atoms with van der Waals surface area (Å²) in [4.78, 5) is 27.1. The fourth-order valence-corrected chi connectivity index (χ4v) is 2.68. The predicted octanol–water partition coefficient (Wildman–Crippen LogP) is 2.60. The highest BCUT2D eigenvalue weighted by molar-refractivity contribution is 6.06. The molecule has 1 amide bonds. The number of carbonyl (C=O) groups is 2. The highest BCUT2D eigenvalue weighted by Crippen LogP contribution is 2.32. The lowest BCUT2D eigenvalue weighted by atomic mass is 10.0. The van der Waals surface area contributed by atoms with Gasteiger partial charge in [-0.25, -0.2) is 4.79 Å². The first kappa shape index (κ1) is 15.7. The second-order valence-electron chi connectivity index (χ2n) is 5.56. The van der Waals surface area contributed by atoms with E-state index in [1.54, 1.807) is 30.1 Å². The largest absolute Gasteiger partial charge is 0.478 e. The van der Waals surface area contributed by atoms with Crippen LogP contribution >= 0.6 is 0 Å². The number of fused-ring (bicyclic) bond motifs is 1. The summed E-state index contributed by atoms with van der Waals surface area (Å²) in [6.07, 6.45) is 1.69. The van der Waals surface area contributed by atoms with Crippen molar-refractivity contribution < 1.29 is 14.7 Å². The second-order valence-corrected chi connectivity index (χ2v) is 5.56. The summed E-state index contributed by atoms with van der Waals surface area (Å²) >= 11 is 0. The minimum atomic E-state index is -1.11. The molecule has 0 atom stereocenters. The van der Waals surface area contributed by atoms with Gasteiger partial charge in [0.05, 0.1) is 16.8 Å². The van der Waals surface area contributed by atoms with Crippen molar-refractivity contribution in [3.8, 4) is 11.3 Å². The Bertz CT molecular complexity index is 975. The quantitative estimate of drug-likeness (QED) is 0.772. The van der Waals surface area contributed by atoms with Crippen LogP contribution < -0.4 is 5.32 Å². The monoisotopic (exact) mass is 324 g/mol. The summed E-state index contributed by atoms with van der Waals surface area (Å²) in [6.45, 7) is 3.22. The molecule has 3 aromatic rings. The smallest absolute Gasteiger partial charge is 0.337 e.